The highest BCUT2D eigenvalue weighted by molar-refractivity contribution is 5.72. The minimum atomic E-state index is 0.632. The Morgan fingerprint density at radius 3 is 2.44 bits per heavy atom. The molecule has 1 aromatic heterocycles. The fourth-order valence-corrected chi connectivity index (χ4v) is 3.43. The number of fused-ring (bicyclic) bond motifs is 1. The first-order valence-corrected chi connectivity index (χ1v) is 9.96. The number of benzene rings is 1. The lowest BCUT2D eigenvalue weighted by atomic mass is 10.1. The third-order valence-corrected chi connectivity index (χ3v) is 4.92. The summed E-state index contributed by atoms with van der Waals surface area (Å²) in [6.45, 7) is 10.6. The van der Waals surface area contributed by atoms with Gasteiger partial charge in [0.2, 0.25) is 0 Å². The van der Waals surface area contributed by atoms with Crippen molar-refractivity contribution in [1.82, 2.24) is 4.57 Å². The van der Waals surface area contributed by atoms with Crippen LogP contribution in [0.1, 0.15) is 64.1 Å². The Morgan fingerprint density at radius 2 is 1.72 bits per heavy atom. The minimum absolute atomic E-state index is 0.632. The van der Waals surface area contributed by atoms with Crippen LogP contribution in [-0.4, -0.2) is 11.2 Å². The smallest absolute Gasteiger partial charge is 0.256 e. The first-order chi connectivity index (χ1) is 12.3. The molecular weight excluding hydrogens is 308 g/mol. The van der Waals surface area contributed by atoms with Gasteiger partial charge in [0.05, 0.1) is 6.61 Å². The summed E-state index contributed by atoms with van der Waals surface area (Å²) in [5, 5.41) is 0. The van der Waals surface area contributed by atoms with E-state index >= 15 is 0 Å². The lowest BCUT2D eigenvalue weighted by Gasteiger charge is -2.04. The fraction of sp³-hybridized carbons (Fsp3) is 0.591. The van der Waals surface area contributed by atoms with E-state index in [0.717, 1.165) is 13.2 Å². The third-order valence-electron chi connectivity index (χ3n) is 4.92. The normalized spacial score (nSPS) is 11.3. The number of unbranched alkanes of at least 4 members (excludes halogenated alkanes) is 7. The van der Waals surface area contributed by atoms with E-state index in [1.165, 1.54) is 68.2 Å². The predicted molar refractivity (Wildman–Crippen MR) is 106 cm³/mol. The van der Waals surface area contributed by atoms with Crippen LogP contribution in [0.5, 0.6) is 0 Å². The topological polar surface area (TPSA) is 18.0 Å². The quantitative estimate of drug-likeness (QED) is 0.265. The summed E-state index contributed by atoms with van der Waals surface area (Å²) in [6.07, 6.45) is 12.6. The molecule has 2 aromatic rings. The molecule has 1 heterocycles. The number of nitrogens with zero attached hydrogens (tertiary/aromatic N) is 2. The van der Waals surface area contributed by atoms with Gasteiger partial charge in [0.1, 0.15) is 6.54 Å². The van der Waals surface area contributed by atoms with Crippen LogP contribution in [-0.2, 0) is 18.0 Å². The Hall–Kier alpha value is -1.61. The van der Waals surface area contributed by atoms with Gasteiger partial charge in [0.25, 0.3) is 5.82 Å². The molecule has 0 amide bonds. The molecule has 0 radical (unpaired) electrons. The molecule has 0 aliphatic heterocycles. The average molecular weight is 344 g/mol. The predicted octanol–water partition coefficient (Wildman–Crippen LogP) is 5.54. The summed E-state index contributed by atoms with van der Waals surface area (Å²) < 4.78 is 10.5. The molecule has 2 rings (SSSR count). The highest BCUT2D eigenvalue weighted by Gasteiger charge is 2.19. The van der Waals surface area contributed by atoms with Crippen molar-refractivity contribution >= 4 is 11.0 Å². The lowest BCUT2D eigenvalue weighted by Crippen LogP contribution is -2.38. The number of hydrogen-bond acceptors (Lipinski definition) is 1. The number of rotatable bonds is 13. The van der Waals surface area contributed by atoms with Crippen molar-refractivity contribution in [2.75, 3.05) is 6.61 Å². The Balaban J connectivity index is 1.76. The summed E-state index contributed by atoms with van der Waals surface area (Å²) in [5.74, 6) is 1.22. The van der Waals surface area contributed by atoms with Gasteiger partial charge in [-0.05, 0) is 18.6 Å². The Bertz CT molecular complexity index is 645. The summed E-state index contributed by atoms with van der Waals surface area (Å²) in [7, 11) is 0. The zero-order chi connectivity index (χ0) is 17.9. The van der Waals surface area contributed by atoms with E-state index in [0.29, 0.717) is 6.73 Å². The van der Waals surface area contributed by atoms with Crippen molar-refractivity contribution in [1.29, 1.82) is 0 Å². The van der Waals surface area contributed by atoms with Gasteiger partial charge in [0, 0.05) is 6.92 Å². The Kier molecular flexibility index (Phi) is 8.75. The second-order valence-electron chi connectivity index (χ2n) is 6.88. The standard InChI is InChI=1S/C22H35N2O/c1-4-6-7-8-9-10-11-14-18-25-19-24-20(3)23(17-5-2)21-15-12-13-16-22(21)24/h5,12-13,15-16H,2,4,6-11,14,17-19H2,1,3H3/q+1. The second kappa shape index (κ2) is 11.1. The Morgan fingerprint density at radius 1 is 1.04 bits per heavy atom. The van der Waals surface area contributed by atoms with Crippen LogP contribution in [0.15, 0.2) is 36.9 Å². The van der Waals surface area contributed by atoms with Crippen molar-refractivity contribution in [2.24, 2.45) is 0 Å². The van der Waals surface area contributed by atoms with Gasteiger partial charge in [-0.25, -0.2) is 9.13 Å². The van der Waals surface area contributed by atoms with E-state index in [1.54, 1.807) is 0 Å². The molecule has 0 saturated carbocycles. The first-order valence-electron chi connectivity index (χ1n) is 9.96. The molecule has 0 N–H and O–H groups in total. The van der Waals surface area contributed by atoms with Crippen LogP contribution in [0, 0.1) is 6.92 Å². The van der Waals surface area contributed by atoms with Gasteiger partial charge in [-0.1, -0.05) is 76.7 Å². The SMILES string of the molecule is C=CCn1c(C)[n+](COCCCCCCCCCC)c2ccccc21. The minimum Gasteiger partial charge on any atom is -0.342 e. The molecule has 138 valence electrons. The van der Waals surface area contributed by atoms with E-state index in [4.69, 9.17) is 4.74 Å². The van der Waals surface area contributed by atoms with E-state index in [1.807, 2.05) is 6.08 Å². The van der Waals surface area contributed by atoms with E-state index in [9.17, 15) is 0 Å². The second-order valence-corrected chi connectivity index (χ2v) is 6.88. The molecule has 0 atom stereocenters. The van der Waals surface area contributed by atoms with Crippen molar-refractivity contribution in [3.8, 4) is 0 Å². The van der Waals surface area contributed by atoms with E-state index in [2.05, 4.69) is 53.8 Å². The summed E-state index contributed by atoms with van der Waals surface area (Å²) in [6, 6.07) is 8.52. The molecule has 25 heavy (non-hydrogen) atoms. The molecule has 0 spiro atoms. The highest BCUT2D eigenvalue weighted by Crippen LogP contribution is 2.14. The average Bonchev–Trinajstić information content (AvgIpc) is 2.89. The maximum atomic E-state index is 5.97. The van der Waals surface area contributed by atoms with Crippen molar-refractivity contribution < 1.29 is 9.30 Å². The maximum Gasteiger partial charge on any atom is 0.256 e. The highest BCUT2D eigenvalue weighted by atomic mass is 16.5. The molecule has 0 aliphatic rings. The lowest BCUT2D eigenvalue weighted by molar-refractivity contribution is -0.715. The summed E-state index contributed by atoms with van der Waals surface area (Å²) in [5.41, 5.74) is 2.48. The van der Waals surface area contributed by atoms with Crippen LogP contribution in [0.2, 0.25) is 0 Å². The molecule has 0 aliphatic carbocycles. The Labute approximate surface area is 153 Å². The number of ether oxygens (including phenoxy) is 1. The molecule has 3 heteroatoms. The maximum absolute atomic E-state index is 5.97. The van der Waals surface area contributed by atoms with Gasteiger partial charge < -0.3 is 4.74 Å². The van der Waals surface area contributed by atoms with Crippen LogP contribution in [0.25, 0.3) is 11.0 Å². The molecule has 0 saturated heterocycles. The van der Waals surface area contributed by atoms with Gasteiger partial charge >= 0.3 is 0 Å². The number of imidazole rings is 1. The van der Waals surface area contributed by atoms with E-state index in [-0.39, 0.29) is 0 Å². The van der Waals surface area contributed by atoms with Gasteiger partial charge in [-0.2, -0.15) is 0 Å². The summed E-state index contributed by atoms with van der Waals surface area (Å²) >= 11 is 0. The third kappa shape index (κ3) is 5.71. The summed E-state index contributed by atoms with van der Waals surface area (Å²) in [4.78, 5) is 0. The molecule has 0 fully saturated rings. The van der Waals surface area contributed by atoms with Gasteiger partial charge in [-0.3, -0.25) is 0 Å². The van der Waals surface area contributed by atoms with Crippen molar-refractivity contribution in [3.05, 3.63) is 42.7 Å². The number of allylic oxidation sites excluding steroid dienone is 1. The van der Waals surface area contributed by atoms with Crippen LogP contribution < -0.4 is 4.57 Å². The number of para-hydroxylation sites is 2. The number of hydrogen-bond donors (Lipinski definition) is 0. The van der Waals surface area contributed by atoms with Crippen molar-refractivity contribution in [3.63, 3.8) is 0 Å². The molecule has 0 unspecified atom stereocenters. The molecular formula is C22H35N2O+. The van der Waals surface area contributed by atoms with Crippen LogP contribution >= 0.6 is 0 Å². The van der Waals surface area contributed by atoms with Crippen molar-refractivity contribution in [2.45, 2.75) is 78.5 Å². The fourth-order valence-electron chi connectivity index (χ4n) is 3.43. The van der Waals surface area contributed by atoms with Gasteiger partial charge in [0.15, 0.2) is 17.8 Å². The molecule has 0 bridgehead atoms. The molecule has 3 nitrogen and oxygen atoms in total. The van der Waals surface area contributed by atoms with Gasteiger partial charge in [-0.15, -0.1) is 0 Å². The largest absolute Gasteiger partial charge is 0.342 e. The van der Waals surface area contributed by atoms with Crippen LogP contribution in [0.4, 0.5) is 0 Å². The molecule has 1 aromatic carbocycles. The zero-order valence-corrected chi connectivity index (χ0v) is 16.2. The van der Waals surface area contributed by atoms with E-state index < -0.39 is 0 Å². The van der Waals surface area contributed by atoms with Crippen LogP contribution in [0.3, 0.4) is 0 Å². The first kappa shape index (κ1) is 19.7. The monoisotopic (exact) mass is 343 g/mol. The number of aromatic nitrogens is 2. The zero-order valence-electron chi connectivity index (χ0n) is 16.2.